The van der Waals surface area contributed by atoms with E-state index < -0.39 is 0 Å². The number of hydrogen-bond donors (Lipinski definition) is 4. The van der Waals surface area contributed by atoms with Gasteiger partial charge in [0.25, 0.3) is 0 Å². The topological polar surface area (TPSA) is 113 Å². The van der Waals surface area contributed by atoms with Crippen LogP contribution in [0, 0.1) is 10.8 Å². The van der Waals surface area contributed by atoms with Crippen LogP contribution in [-0.2, 0) is 0 Å². The first-order valence-electron chi connectivity index (χ1n) is 7.70. The second-order valence-electron chi connectivity index (χ2n) is 5.57. The zero-order chi connectivity index (χ0) is 17.8. The van der Waals surface area contributed by atoms with Crippen molar-refractivity contribution in [2.24, 2.45) is 11.5 Å². The number of nitrogens with two attached hydrogens (primary N) is 2. The standard InChI is InChI=1S/C20H18N4O/c21-19(22)14-7-5-13(6-8-14)3-1-2-4-17-12-16-11-15(20(23)24)9-10-18(16)25-17/h1-12H,(H3,21,22)(H3,23,24)/b3-1-,4-2-. The first-order valence-corrected chi connectivity index (χ1v) is 7.70. The Morgan fingerprint density at radius 3 is 2.12 bits per heavy atom. The highest BCUT2D eigenvalue weighted by molar-refractivity contribution is 5.98. The number of allylic oxidation sites excluding steroid dienone is 2. The van der Waals surface area contributed by atoms with Crippen molar-refractivity contribution < 1.29 is 4.42 Å². The second-order valence-corrected chi connectivity index (χ2v) is 5.57. The highest BCUT2D eigenvalue weighted by Crippen LogP contribution is 2.21. The molecule has 1 heterocycles. The van der Waals surface area contributed by atoms with E-state index in [0.717, 1.165) is 22.3 Å². The molecule has 0 spiro atoms. The molecule has 1 aromatic heterocycles. The quantitative estimate of drug-likeness (QED) is 0.325. The molecule has 25 heavy (non-hydrogen) atoms. The van der Waals surface area contributed by atoms with Crippen LogP contribution in [0.15, 0.2) is 65.1 Å². The molecule has 2 aromatic carbocycles. The fourth-order valence-electron chi connectivity index (χ4n) is 2.40. The molecule has 0 fully saturated rings. The van der Waals surface area contributed by atoms with E-state index in [4.69, 9.17) is 26.7 Å². The summed E-state index contributed by atoms with van der Waals surface area (Å²) in [5, 5.41) is 15.8. The van der Waals surface area contributed by atoms with Crippen molar-refractivity contribution in [1.82, 2.24) is 0 Å². The van der Waals surface area contributed by atoms with Gasteiger partial charge in [0.2, 0.25) is 0 Å². The molecule has 0 amide bonds. The van der Waals surface area contributed by atoms with Crippen molar-refractivity contribution in [2.45, 2.75) is 0 Å². The number of furan rings is 1. The number of rotatable bonds is 5. The summed E-state index contributed by atoms with van der Waals surface area (Å²) < 4.78 is 5.73. The molecule has 0 aliphatic rings. The van der Waals surface area contributed by atoms with Gasteiger partial charge in [-0.2, -0.15) is 0 Å². The van der Waals surface area contributed by atoms with Crippen LogP contribution in [0.4, 0.5) is 0 Å². The molecular formula is C20H18N4O. The number of hydrogen-bond acceptors (Lipinski definition) is 3. The first kappa shape index (κ1) is 16.3. The van der Waals surface area contributed by atoms with Gasteiger partial charge in [-0.25, -0.2) is 0 Å². The third-order valence-electron chi connectivity index (χ3n) is 3.73. The van der Waals surface area contributed by atoms with Crippen molar-refractivity contribution in [2.75, 3.05) is 0 Å². The van der Waals surface area contributed by atoms with Crippen molar-refractivity contribution in [3.8, 4) is 0 Å². The summed E-state index contributed by atoms with van der Waals surface area (Å²) in [5.74, 6) is 0.833. The van der Waals surface area contributed by atoms with Crippen LogP contribution in [0.1, 0.15) is 22.5 Å². The Balaban J connectivity index is 1.72. The molecule has 0 radical (unpaired) electrons. The maximum absolute atomic E-state index is 7.48. The summed E-state index contributed by atoms with van der Waals surface area (Å²) in [6.07, 6.45) is 7.63. The zero-order valence-electron chi connectivity index (χ0n) is 13.5. The smallest absolute Gasteiger partial charge is 0.134 e. The Hall–Kier alpha value is -3.60. The Morgan fingerprint density at radius 1 is 0.800 bits per heavy atom. The van der Waals surface area contributed by atoms with Gasteiger partial charge in [0.05, 0.1) is 0 Å². The molecule has 0 aliphatic heterocycles. The minimum absolute atomic E-state index is 0.0407. The second kappa shape index (κ2) is 6.88. The lowest BCUT2D eigenvalue weighted by Gasteiger charge is -1.97. The Kier molecular flexibility index (Phi) is 4.48. The van der Waals surface area contributed by atoms with Crippen LogP contribution in [0.25, 0.3) is 23.1 Å². The van der Waals surface area contributed by atoms with E-state index >= 15 is 0 Å². The minimum Gasteiger partial charge on any atom is -0.457 e. The van der Waals surface area contributed by atoms with Gasteiger partial charge in [0.1, 0.15) is 23.0 Å². The van der Waals surface area contributed by atoms with E-state index in [9.17, 15) is 0 Å². The van der Waals surface area contributed by atoms with E-state index in [-0.39, 0.29) is 11.7 Å². The number of amidine groups is 2. The van der Waals surface area contributed by atoms with E-state index in [2.05, 4.69) is 0 Å². The molecule has 124 valence electrons. The van der Waals surface area contributed by atoms with Gasteiger partial charge in [-0.3, -0.25) is 10.8 Å². The van der Waals surface area contributed by atoms with Crippen molar-refractivity contribution in [3.63, 3.8) is 0 Å². The Bertz CT molecular complexity index is 994. The van der Waals surface area contributed by atoms with Crippen molar-refractivity contribution >= 4 is 34.8 Å². The molecule has 0 atom stereocenters. The van der Waals surface area contributed by atoms with E-state index in [1.165, 1.54) is 0 Å². The van der Waals surface area contributed by atoms with Crippen LogP contribution >= 0.6 is 0 Å². The van der Waals surface area contributed by atoms with Crippen LogP contribution in [0.5, 0.6) is 0 Å². The number of nitrogens with one attached hydrogen (secondary N) is 2. The van der Waals surface area contributed by atoms with Gasteiger partial charge in [0.15, 0.2) is 0 Å². The third-order valence-corrected chi connectivity index (χ3v) is 3.73. The monoisotopic (exact) mass is 330 g/mol. The molecule has 6 N–H and O–H groups in total. The third kappa shape index (κ3) is 3.84. The minimum atomic E-state index is 0.0407. The SMILES string of the molecule is N=C(N)c1ccc(/C=C\C=C/c2cc3cc(C(=N)N)ccc3o2)cc1. The summed E-state index contributed by atoms with van der Waals surface area (Å²) in [7, 11) is 0. The van der Waals surface area contributed by atoms with E-state index in [0.29, 0.717) is 11.1 Å². The number of nitrogen functional groups attached to an aromatic ring is 2. The predicted molar refractivity (Wildman–Crippen MR) is 103 cm³/mol. The van der Waals surface area contributed by atoms with Crippen molar-refractivity contribution in [1.29, 1.82) is 10.8 Å². The first-order chi connectivity index (χ1) is 12.0. The average molecular weight is 330 g/mol. The lowest BCUT2D eigenvalue weighted by molar-refractivity contribution is 0.604. The van der Waals surface area contributed by atoms with Crippen LogP contribution in [-0.4, -0.2) is 11.7 Å². The molecule has 3 aromatic rings. The van der Waals surface area contributed by atoms with Gasteiger partial charge in [-0.15, -0.1) is 0 Å². The maximum atomic E-state index is 7.48. The number of benzene rings is 2. The Labute approximate surface area is 145 Å². The van der Waals surface area contributed by atoms with Crippen LogP contribution in [0.3, 0.4) is 0 Å². The summed E-state index contributed by atoms with van der Waals surface area (Å²) in [6, 6.07) is 14.8. The molecule has 0 aliphatic carbocycles. The van der Waals surface area contributed by atoms with Crippen LogP contribution < -0.4 is 11.5 Å². The summed E-state index contributed by atoms with van der Waals surface area (Å²) in [6.45, 7) is 0. The largest absolute Gasteiger partial charge is 0.457 e. The molecule has 3 rings (SSSR count). The van der Waals surface area contributed by atoms with Gasteiger partial charge in [-0.1, -0.05) is 42.5 Å². The molecule has 0 bridgehead atoms. The summed E-state index contributed by atoms with van der Waals surface area (Å²) in [5.41, 5.74) is 14.1. The normalized spacial score (nSPS) is 11.5. The maximum Gasteiger partial charge on any atom is 0.134 e. The highest BCUT2D eigenvalue weighted by atomic mass is 16.3. The van der Waals surface area contributed by atoms with Crippen LogP contribution in [0.2, 0.25) is 0 Å². The average Bonchev–Trinajstić information content (AvgIpc) is 3.01. The molecule has 0 saturated heterocycles. The van der Waals surface area contributed by atoms with Gasteiger partial charge < -0.3 is 15.9 Å². The molecule has 5 nitrogen and oxygen atoms in total. The van der Waals surface area contributed by atoms with Gasteiger partial charge in [0, 0.05) is 16.5 Å². The molecular weight excluding hydrogens is 312 g/mol. The van der Waals surface area contributed by atoms with E-state index in [1.54, 1.807) is 6.07 Å². The lowest BCUT2D eigenvalue weighted by Crippen LogP contribution is -2.10. The van der Waals surface area contributed by atoms with Gasteiger partial charge in [-0.05, 0) is 35.9 Å². The summed E-state index contributed by atoms with van der Waals surface area (Å²) >= 11 is 0. The van der Waals surface area contributed by atoms with E-state index in [1.807, 2.05) is 66.8 Å². The molecule has 5 heteroatoms. The Morgan fingerprint density at radius 2 is 1.44 bits per heavy atom. The fraction of sp³-hybridized carbons (Fsp3) is 0. The fourth-order valence-corrected chi connectivity index (χ4v) is 2.40. The zero-order valence-corrected chi connectivity index (χ0v) is 13.5. The van der Waals surface area contributed by atoms with Gasteiger partial charge >= 0.3 is 0 Å². The molecule has 0 unspecified atom stereocenters. The highest BCUT2D eigenvalue weighted by Gasteiger charge is 2.03. The van der Waals surface area contributed by atoms with Crippen molar-refractivity contribution in [3.05, 3.63) is 83.1 Å². The molecule has 0 saturated carbocycles. The lowest BCUT2D eigenvalue weighted by atomic mass is 10.1. The predicted octanol–water partition coefficient (Wildman–Crippen LogP) is 3.73. The number of fused-ring (bicyclic) bond motifs is 1. The summed E-state index contributed by atoms with van der Waals surface area (Å²) in [4.78, 5) is 0.